The van der Waals surface area contributed by atoms with E-state index >= 15 is 0 Å². The first-order valence-corrected chi connectivity index (χ1v) is 10.9. The molecule has 1 aliphatic heterocycles. The summed E-state index contributed by atoms with van der Waals surface area (Å²) in [6, 6.07) is 8.00. The van der Waals surface area contributed by atoms with E-state index in [2.05, 4.69) is 27.4 Å². The Balaban J connectivity index is 1.55. The first-order valence-electron chi connectivity index (χ1n) is 10.9. The zero-order valence-corrected chi connectivity index (χ0v) is 18.5. The van der Waals surface area contributed by atoms with Gasteiger partial charge >= 0.3 is 6.18 Å². The second kappa shape index (κ2) is 9.25. The first-order chi connectivity index (χ1) is 15.7. The van der Waals surface area contributed by atoms with Gasteiger partial charge in [0.15, 0.2) is 0 Å². The number of likely N-dealkylation sites (tertiary alicyclic amines) is 1. The third-order valence-electron chi connectivity index (χ3n) is 6.17. The van der Waals surface area contributed by atoms with E-state index in [-0.39, 0.29) is 17.9 Å². The van der Waals surface area contributed by atoms with Crippen LogP contribution in [-0.4, -0.2) is 45.1 Å². The molecule has 6 nitrogen and oxygen atoms in total. The van der Waals surface area contributed by atoms with Gasteiger partial charge in [-0.1, -0.05) is 24.6 Å². The Morgan fingerprint density at radius 1 is 1.24 bits per heavy atom. The molecule has 1 aliphatic rings. The van der Waals surface area contributed by atoms with Crippen LogP contribution in [0, 0.1) is 12.8 Å². The van der Waals surface area contributed by atoms with Crippen molar-refractivity contribution >= 4 is 11.7 Å². The molecule has 3 aromatic rings. The molecular weight excluding hydrogens is 431 g/mol. The number of carbonyl (C=O) groups excluding carboxylic acids is 1. The molecule has 4 rings (SSSR count). The number of aromatic nitrogens is 3. The first kappa shape index (κ1) is 22.8. The standard InChI is InChI=1S/C24H26F3N5O/c1-15-5-7-19(17-11-30-31-12-17)20(10-15)23(33)32-9-3-4-16(2)21(32)14-29-22-8-6-18(13-28-22)24(25,26)27/h5-8,10-13,16,21H,3-4,9,14H2,1-2H3,(H,28,29)(H,30,31)/t16?,21-/m1/s1. The topological polar surface area (TPSA) is 73.9 Å². The highest BCUT2D eigenvalue weighted by Crippen LogP contribution is 2.31. The lowest BCUT2D eigenvalue weighted by molar-refractivity contribution is -0.137. The fourth-order valence-electron chi connectivity index (χ4n) is 4.33. The molecule has 0 aliphatic carbocycles. The Bertz CT molecular complexity index is 1100. The molecule has 1 amide bonds. The molecule has 2 atom stereocenters. The number of piperidine rings is 1. The highest BCUT2D eigenvalue weighted by molar-refractivity contribution is 6.01. The average molecular weight is 458 g/mol. The van der Waals surface area contributed by atoms with Gasteiger partial charge in [0.25, 0.3) is 5.91 Å². The van der Waals surface area contributed by atoms with Crippen molar-refractivity contribution in [2.75, 3.05) is 18.4 Å². The molecule has 174 valence electrons. The van der Waals surface area contributed by atoms with Crippen LogP contribution < -0.4 is 5.32 Å². The van der Waals surface area contributed by atoms with Crippen molar-refractivity contribution in [1.29, 1.82) is 0 Å². The number of aryl methyl sites for hydroxylation is 1. The summed E-state index contributed by atoms with van der Waals surface area (Å²) in [6.07, 6.45) is 1.71. The number of rotatable bonds is 5. The van der Waals surface area contributed by atoms with Crippen LogP contribution in [-0.2, 0) is 6.18 Å². The van der Waals surface area contributed by atoms with Crippen LogP contribution in [0.25, 0.3) is 11.1 Å². The molecule has 0 radical (unpaired) electrons. The van der Waals surface area contributed by atoms with Gasteiger partial charge in [-0.15, -0.1) is 0 Å². The highest BCUT2D eigenvalue weighted by atomic mass is 19.4. The maximum Gasteiger partial charge on any atom is 0.417 e. The molecule has 2 aromatic heterocycles. The fourth-order valence-corrected chi connectivity index (χ4v) is 4.33. The van der Waals surface area contributed by atoms with Crippen molar-refractivity contribution < 1.29 is 18.0 Å². The summed E-state index contributed by atoms with van der Waals surface area (Å²) < 4.78 is 38.4. The number of aromatic amines is 1. The summed E-state index contributed by atoms with van der Waals surface area (Å²) in [7, 11) is 0. The number of halogens is 3. The predicted molar refractivity (Wildman–Crippen MR) is 120 cm³/mol. The Morgan fingerprint density at radius 2 is 2.06 bits per heavy atom. The van der Waals surface area contributed by atoms with Crippen LogP contribution in [0.3, 0.4) is 0 Å². The monoisotopic (exact) mass is 457 g/mol. The highest BCUT2D eigenvalue weighted by Gasteiger charge is 2.34. The van der Waals surface area contributed by atoms with E-state index < -0.39 is 11.7 Å². The summed E-state index contributed by atoms with van der Waals surface area (Å²) >= 11 is 0. The molecule has 3 heterocycles. The number of carbonyl (C=O) groups is 1. The lowest BCUT2D eigenvalue weighted by Gasteiger charge is -2.40. The van der Waals surface area contributed by atoms with Crippen LogP contribution in [0.2, 0.25) is 0 Å². The molecule has 9 heteroatoms. The minimum atomic E-state index is -4.42. The van der Waals surface area contributed by atoms with Gasteiger partial charge in [0.05, 0.1) is 17.8 Å². The number of hydrogen-bond donors (Lipinski definition) is 2. The molecule has 0 bridgehead atoms. The second-order valence-corrected chi connectivity index (χ2v) is 8.53. The van der Waals surface area contributed by atoms with E-state index in [4.69, 9.17) is 0 Å². The van der Waals surface area contributed by atoms with Gasteiger partial charge in [-0.25, -0.2) is 4.98 Å². The lowest BCUT2D eigenvalue weighted by atomic mass is 9.89. The minimum Gasteiger partial charge on any atom is -0.368 e. The number of nitrogens with zero attached hydrogens (tertiary/aromatic N) is 3. The number of pyridine rings is 1. The van der Waals surface area contributed by atoms with Crippen LogP contribution >= 0.6 is 0 Å². The van der Waals surface area contributed by atoms with Crippen molar-refractivity contribution in [3.05, 3.63) is 65.6 Å². The van der Waals surface area contributed by atoms with Gasteiger partial charge in [0.1, 0.15) is 5.82 Å². The normalized spacial score (nSPS) is 18.9. The van der Waals surface area contributed by atoms with Gasteiger partial charge in [0, 0.05) is 36.6 Å². The quantitative estimate of drug-likeness (QED) is 0.556. The summed E-state index contributed by atoms with van der Waals surface area (Å²) in [5.41, 5.74) is 2.46. The Labute approximate surface area is 190 Å². The maximum atomic E-state index is 13.7. The molecular formula is C24H26F3N5O. The summed E-state index contributed by atoms with van der Waals surface area (Å²) in [5.74, 6) is 0.517. The number of benzene rings is 1. The van der Waals surface area contributed by atoms with Crippen molar-refractivity contribution in [2.45, 2.75) is 38.9 Å². The molecule has 2 N–H and O–H groups in total. The average Bonchev–Trinajstić information content (AvgIpc) is 3.32. The van der Waals surface area contributed by atoms with Gasteiger partial charge in [0.2, 0.25) is 0 Å². The Hall–Kier alpha value is -3.36. The van der Waals surface area contributed by atoms with E-state index in [1.807, 2.05) is 30.0 Å². The lowest BCUT2D eigenvalue weighted by Crippen LogP contribution is -2.51. The second-order valence-electron chi connectivity index (χ2n) is 8.53. The smallest absolute Gasteiger partial charge is 0.368 e. The molecule has 0 spiro atoms. The van der Waals surface area contributed by atoms with Crippen molar-refractivity contribution in [3.63, 3.8) is 0 Å². The molecule has 1 aromatic carbocycles. The predicted octanol–water partition coefficient (Wildman–Crippen LogP) is 5.15. The van der Waals surface area contributed by atoms with Crippen LogP contribution in [0.5, 0.6) is 0 Å². The number of nitrogens with one attached hydrogen (secondary N) is 2. The molecule has 33 heavy (non-hydrogen) atoms. The van der Waals surface area contributed by atoms with Crippen molar-refractivity contribution in [1.82, 2.24) is 20.1 Å². The Kier molecular flexibility index (Phi) is 6.40. The summed E-state index contributed by atoms with van der Waals surface area (Å²) in [6.45, 7) is 5.07. The van der Waals surface area contributed by atoms with E-state index in [0.29, 0.717) is 24.5 Å². The molecule has 0 saturated carbocycles. The summed E-state index contributed by atoms with van der Waals surface area (Å²) in [4.78, 5) is 19.5. The number of anilines is 1. The number of H-pyrrole nitrogens is 1. The van der Waals surface area contributed by atoms with E-state index in [1.54, 1.807) is 12.4 Å². The van der Waals surface area contributed by atoms with Crippen LogP contribution in [0.15, 0.2) is 48.9 Å². The number of amides is 1. The largest absolute Gasteiger partial charge is 0.417 e. The molecule has 1 saturated heterocycles. The SMILES string of the molecule is Cc1ccc(-c2cn[nH]c2)c(C(=O)N2CCCC(C)[C@H]2CNc2ccc(C(F)(F)F)cn2)c1. The third kappa shape index (κ3) is 5.02. The van der Waals surface area contributed by atoms with E-state index in [0.717, 1.165) is 41.8 Å². The van der Waals surface area contributed by atoms with Crippen LogP contribution in [0.1, 0.15) is 41.3 Å². The van der Waals surface area contributed by atoms with Gasteiger partial charge in [-0.2, -0.15) is 18.3 Å². The van der Waals surface area contributed by atoms with Gasteiger partial charge in [-0.3, -0.25) is 9.89 Å². The number of alkyl halides is 3. The minimum absolute atomic E-state index is 0.0615. The zero-order chi connectivity index (χ0) is 23.6. The number of hydrogen-bond acceptors (Lipinski definition) is 4. The van der Waals surface area contributed by atoms with E-state index in [9.17, 15) is 18.0 Å². The molecule has 1 unspecified atom stereocenters. The maximum absolute atomic E-state index is 13.7. The van der Waals surface area contributed by atoms with Gasteiger partial charge < -0.3 is 10.2 Å². The summed E-state index contributed by atoms with van der Waals surface area (Å²) in [5, 5.41) is 9.93. The van der Waals surface area contributed by atoms with Gasteiger partial charge in [-0.05, 0) is 49.4 Å². The Morgan fingerprint density at radius 3 is 2.73 bits per heavy atom. The van der Waals surface area contributed by atoms with Crippen LogP contribution in [0.4, 0.5) is 19.0 Å². The molecule has 1 fully saturated rings. The fraction of sp³-hybridized carbons (Fsp3) is 0.375. The van der Waals surface area contributed by atoms with Crippen molar-refractivity contribution in [3.8, 4) is 11.1 Å². The zero-order valence-electron chi connectivity index (χ0n) is 18.5. The van der Waals surface area contributed by atoms with Crippen molar-refractivity contribution in [2.24, 2.45) is 5.92 Å². The third-order valence-corrected chi connectivity index (χ3v) is 6.17. The van der Waals surface area contributed by atoms with E-state index in [1.165, 1.54) is 6.07 Å².